The van der Waals surface area contributed by atoms with Crippen molar-refractivity contribution in [1.82, 2.24) is 15.0 Å². The standard InChI is InChI=1S/C20H19Cl2N3O3/c1-12-10-14(8-9-16(12)21)27-13(2)20(26)25(3)11-18-23-19(24-28-18)15-6-4-5-7-17(15)22/h4-10,13H,11H2,1-3H3/t13-/m0/s1. The van der Waals surface area contributed by atoms with Gasteiger partial charge >= 0.3 is 0 Å². The molecule has 0 radical (unpaired) electrons. The predicted octanol–water partition coefficient (Wildman–Crippen LogP) is 4.78. The third-order valence-corrected chi connectivity index (χ3v) is 4.88. The van der Waals surface area contributed by atoms with Gasteiger partial charge in [0.05, 0.1) is 11.6 Å². The van der Waals surface area contributed by atoms with E-state index < -0.39 is 6.10 Å². The SMILES string of the molecule is Cc1cc(O[C@@H](C)C(=O)N(C)Cc2nc(-c3ccccc3Cl)no2)ccc1Cl. The van der Waals surface area contributed by atoms with Gasteiger partial charge in [0, 0.05) is 17.6 Å². The van der Waals surface area contributed by atoms with Crippen LogP contribution < -0.4 is 4.74 Å². The number of halogens is 2. The van der Waals surface area contributed by atoms with Crippen molar-refractivity contribution in [2.24, 2.45) is 0 Å². The topological polar surface area (TPSA) is 68.5 Å². The fraction of sp³-hybridized carbons (Fsp3) is 0.250. The van der Waals surface area contributed by atoms with E-state index in [1.807, 2.05) is 19.1 Å². The van der Waals surface area contributed by atoms with Crippen molar-refractivity contribution in [1.29, 1.82) is 0 Å². The largest absolute Gasteiger partial charge is 0.481 e. The van der Waals surface area contributed by atoms with Crippen LogP contribution in [0.15, 0.2) is 47.0 Å². The number of benzene rings is 2. The van der Waals surface area contributed by atoms with E-state index >= 15 is 0 Å². The first-order valence-electron chi connectivity index (χ1n) is 8.60. The average molecular weight is 420 g/mol. The molecule has 28 heavy (non-hydrogen) atoms. The minimum atomic E-state index is -0.684. The zero-order valence-corrected chi connectivity index (χ0v) is 17.2. The third kappa shape index (κ3) is 4.64. The van der Waals surface area contributed by atoms with Gasteiger partial charge in [-0.1, -0.05) is 40.5 Å². The molecule has 0 saturated heterocycles. The van der Waals surface area contributed by atoms with Crippen LogP contribution >= 0.6 is 23.2 Å². The molecule has 0 aliphatic carbocycles. The number of nitrogens with zero attached hydrogens (tertiary/aromatic N) is 3. The highest BCUT2D eigenvalue weighted by molar-refractivity contribution is 6.33. The van der Waals surface area contributed by atoms with Crippen LogP contribution in [0.1, 0.15) is 18.4 Å². The second-order valence-corrected chi connectivity index (χ2v) is 7.17. The summed E-state index contributed by atoms with van der Waals surface area (Å²) in [5.74, 6) is 1.04. The van der Waals surface area contributed by atoms with Gasteiger partial charge in [-0.25, -0.2) is 0 Å². The molecule has 1 aromatic heterocycles. The average Bonchev–Trinajstić information content (AvgIpc) is 3.12. The summed E-state index contributed by atoms with van der Waals surface area (Å²) >= 11 is 12.2. The first-order valence-corrected chi connectivity index (χ1v) is 9.36. The molecule has 0 saturated carbocycles. The molecule has 0 unspecified atom stereocenters. The zero-order valence-electron chi connectivity index (χ0n) is 15.6. The quantitative estimate of drug-likeness (QED) is 0.574. The van der Waals surface area contributed by atoms with Crippen LogP contribution in [0.5, 0.6) is 5.75 Å². The molecular formula is C20H19Cl2N3O3. The number of aromatic nitrogens is 2. The normalized spacial score (nSPS) is 11.9. The molecule has 0 aliphatic rings. The van der Waals surface area contributed by atoms with Gasteiger partial charge in [0.1, 0.15) is 5.75 Å². The fourth-order valence-corrected chi connectivity index (χ4v) is 2.95. The minimum absolute atomic E-state index is 0.156. The van der Waals surface area contributed by atoms with Gasteiger partial charge in [-0.3, -0.25) is 4.79 Å². The van der Waals surface area contributed by atoms with Crippen molar-refractivity contribution in [3.05, 3.63) is 64.0 Å². The second kappa shape index (κ2) is 8.63. The molecular weight excluding hydrogens is 401 g/mol. The Balaban J connectivity index is 1.64. The zero-order chi connectivity index (χ0) is 20.3. The number of carbonyl (C=O) groups is 1. The summed E-state index contributed by atoms with van der Waals surface area (Å²) in [5, 5.41) is 5.11. The molecule has 0 aliphatic heterocycles. The van der Waals surface area contributed by atoms with Crippen molar-refractivity contribution in [2.45, 2.75) is 26.5 Å². The van der Waals surface area contributed by atoms with Crippen LogP contribution in [-0.2, 0) is 11.3 Å². The molecule has 6 nitrogen and oxygen atoms in total. The Bertz CT molecular complexity index is 990. The van der Waals surface area contributed by atoms with Crippen LogP contribution in [0.4, 0.5) is 0 Å². The molecule has 1 amide bonds. The molecule has 0 bridgehead atoms. The molecule has 3 rings (SSSR count). The summed E-state index contributed by atoms with van der Waals surface area (Å²) in [5.41, 5.74) is 1.55. The third-order valence-electron chi connectivity index (χ3n) is 4.12. The monoisotopic (exact) mass is 419 g/mol. The van der Waals surface area contributed by atoms with Crippen LogP contribution in [0.3, 0.4) is 0 Å². The summed E-state index contributed by atoms with van der Waals surface area (Å²) in [6, 6.07) is 12.5. The predicted molar refractivity (Wildman–Crippen MR) is 107 cm³/mol. The molecule has 8 heteroatoms. The van der Waals surface area contributed by atoms with Gasteiger partial charge in [-0.2, -0.15) is 4.98 Å². The highest BCUT2D eigenvalue weighted by atomic mass is 35.5. The van der Waals surface area contributed by atoms with Gasteiger partial charge in [0.15, 0.2) is 6.10 Å². The Labute approximate surface area is 173 Å². The van der Waals surface area contributed by atoms with Crippen LogP contribution in [0.2, 0.25) is 10.0 Å². The van der Waals surface area contributed by atoms with E-state index in [0.717, 1.165) is 5.56 Å². The highest BCUT2D eigenvalue weighted by Crippen LogP contribution is 2.25. The van der Waals surface area contributed by atoms with E-state index in [1.165, 1.54) is 4.90 Å². The lowest BCUT2D eigenvalue weighted by Crippen LogP contribution is -2.37. The number of carbonyl (C=O) groups excluding carboxylic acids is 1. The van der Waals surface area contributed by atoms with Crippen molar-refractivity contribution >= 4 is 29.1 Å². The van der Waals surface area contributed by atoms with Crippen LogP contribution in [-0.4, -0.2) is 34.1 Å². The van der Waals surface area contributed by atoms with Crippen molar-refractivity contribution in [2.75, 3.05) is 7.05 Å². The first-order chi connectivity index (χ1) is 13.3. The Hall–Kier alpha value is -2.57. The van der Waals surface area contributed by atoms with Crippen LogP contribution in [0, 0.1) is 6.92 Å². The summed E-state index contributed by atoms with van der Waals surface area (Å²) in [6.07, 6.45) is -0.684. The van der Waals surface area contributed by atoms with Crippen LogP contribution in [0.25, 0.3) is 11.4 Å². The van der Waals surface area contributed by atoms with E-state index in [1.54, 1.807) is 44.3 Å². The molecule has 1 heterocycles. The molecule has 2 aromatic carbocycles. The Kier molecular flexibility index (Phi) is 6.21. The maximum Gasteiger partial charge on any atom is 0.263 e. The van der Waals surface area contributed by atoms with E-state index in [-0.39, 0.29) is 12.5 Å². The molecule has 0 spiro atoms. The van der Waals surface area contributed by atoms with Gasteiger partial charge in [0.25, 0.3) is 5.91 Å². The van der Waals surface area contributed by atoms with Crippen molar-refractivity contribution in [3.8, 4) is 17.1 Å². The molecule has 146 valence electrons. The smallest absolute Gasteiger partial charge is 0.263 e. The van der Waals surface area contributed by atoms with Gasteiger partial charge in [-0.15, -0.1) is 0 Å². The Morgan fingerprint density at radius 3 is 2.68 bits per heavy atom. The number of likely N-dealkylation sites (N-methyl/N-ethyl adjacent to an activating group) is 1. The van der Waals surface area contributed by atoms with Gasteiger partial charge in [-0.05, 0) is 49.7 Å². The maximum atomic E-state index is 12.6. The molecule has 0 N–H and O–H groups in total. The Morgan fingerprint density at radius 1 is 1.21 bits per heavy atom. The van der Waals surface area contributed by atoms with E-state index in [2.05, 4.69) is 10.1 Å². The summed E-state index contributed by atoms with van der Waals surface area (Å²) in [4.78, 5) is 18.4. The number of hydrogen-bond donors (Lipinski definition) is 0. The molecule has 1 atom stereocenters. The summed E-state index contributed by atoms with van der Waals surface area (Å²) in [7, 11) is 1.65. The number of rotatable bonds is 6. The minimum Gasteiger partial charge on any atom is -0.481 e. The van der Waals surface area contributed by atoms with E-state index in [0.29, 0.717) is 33.1 Å². The number of amides is 1. The lowest BCUT2D eigenvalue weighted by molar-refractivity contribution is -0.137. The van der Waals surface area contributed by atoms with E-state index in [4.69, 9.17) is 32.5 Å². The summed E-state index contributed by atoms with van der Waals surface area (Å²) < 4.78 is 11.0. The number of hydrogen-bond acceptors (Lipinski definition) is 5. The lowest BCUT2D eigenvalue weighted by atomic mass is 10.2. The maximum absolute atomic E-state index is 12.6. The summed E-state index contributed by atoms with van der Waals surface area (Å²) in [6.45, 7) is 3.72. The second-order valence-electron chi connectivity index (χ2n) is 6.36. The van der Waals surface area contributed by atoms with Gasteiger partial charge in [0.2, 0.25) is 11.7 Å². The Morgan fingerprint density at radius 2 is 1.96 bits per heavy atom. The van der Waals surface area contributed by atoms with Crippen molar-refractivity contribution in [3.63, 3.8) is 0 Å². The fourth-order valence-electron chi connectivity index (χ4n) is 2.61. The van der Waals surface area contributed by atoms with Gasteiger partial charge < -0.3 is 14.2 Å². The number of aryl methyl sites for hydroxylation is 1. The lowest BCUT2D eigenvalue weighted by Gasteiger charge is -2.21. The van der Waals surface area contributed by atoms with E-state index in [9.17, 15) is 4.79 Å². The first kappa shape index (κ1) is 20.2. The highest BCUT2D eigenvalue weighted by Gasteiger charge is 2.22. The van der Waals surface area contributed by atoms with Crippen molar-refractivity contribution < 1.29 is 14.1 Å². The molecule has 3 aromatic rings. The number of ether oxygens (including phenoxy) is 1. The molecule has 0 fully saturated rings.